The van der Waals surface area contributed by atoms with Crippen LogP contribution in [0.25, 0.3) is 16.8 Å². The normalized spacial score (nSPS) is 15.2. The predicted molar refractivity (Wildman–Crippen MR) is 160 cm³/mol. The first-order chi connectivity index (χ1) is 19.3. The highest BCUT2D eigenvalue weighted by atomic mass is 32.1. The van der Waals surface area contributed by atoms with Gasteiger partial charge in [-0.25, -0.2) is 4.99 Å². The van der Waals surface area contributed by atoms with Crippen molar-refractivity contribution in [1.82, 2.24) is 9.47 Å². The van der Waals surface area contributed by atoms with Gasteiger partial charge in [-0.3, -0.25) is 14.2 Å². The van der Waals surface area contributed by atoms with E-state index in [2.05, 4.69) is 0 Å². The highest BCUT2D eigenvalue weighted by Crippen LogP contribution is 2.40. The van der Waals surface area contributed by atoms with E-state index in [0.717, 1.165) is 33.2 Å². The van der Waals surface area contributed by atoms with Crippen LogP contribution in [0.5, 0.6) is 11.5 Å². The first-order valence-electron chi connectivity index (χ1n) is 13.3. The number of carbonyl (C=O) groups is 1. The lowest BCUT2D eigenvalue weighted by Crippen LogP contribution is -2.43. The zero-order chi connectivity index (χ0) is 28.6. The zero-order valence-electron chi connectivity index (χ0n) is 23.6. The van der Waals surface area contributed by atoms with Gasteiger partial charge in [-0.15, -0.1) is 0 Å². The second kappa shape index (κ2) is 11.1. The number of aromatic nitrogens is 1. The summed E-state index contributed by atoms with van der Waals surface area (Å²) >= 11 is 1.32. The van der Waals surface area contributed by atoms with Crippen LogP contribution in [0.3, 0.4) is 0 Å². The van der Waals surface area contributed by atoms with Crippen molar-refractivity contribution in [1.29, 1.82) is 0 Å². The lowest BCUT2D eigenvalue weighted by molar-refractivity contribution is -0.127. The maximum absolute atomic E-state index is 14.2. The first kappa shape index (κ1) is 27.4. The summed E-state index contributed by atoms with van der Waals surface area (Å²) in [7, 11) is 3.25. The maximum Gasteiger partial charge on any atom is 0.271 e. The van der Waals surface area contributed by atoms with Gasteiger partial charge in [0.2, 0.25) is 0 Å². The van der Waals surface area contributed by atoms with E-state index in [1.165, 1.54) is 11.3 Å². The molecule has 0 saturated carbocycles. The summed E-state index contributed by atoms with van der Waals surface area (Å²) in [5, 5.41) is 1.92. The molecule has 5 rings (SSSR count). The van der Waals surface area contributed by atoms with Crippen molar-refractivity contribution in [3.63, 3.8) is 0 Å². The Morgan fingerprint density at radius 2 is 1.75 bits per heavy atom. The van der Waals surface area contributed by atoms with Crippen LogP contribution in [0, 0.1) is 6.92 Å². The van der Waals surface area contributed by atoms with E-state index < -0.39 is 6.04 Å². The lowest BCUT2D eigenvalue weighted by atomic mass is 9.90. The summed E-state index contributed by atoms with van der Waals surface area (Å²) in [5.41, 5.74) is 3.51. The molecule has 0 spiro atoms. The minimum Gasteiger partial charge on any atom is -0.496 e. The van der Waals surface area contributed by atoms with Gasteiger partial charge in [-0.2, -0.15) is 0 Å². The zero-order valence-corrected chi connectivity index (χ0v) is 24.5. The molecule has 1 amide bonds. The number of hydrogen-bond acceptors (Lipinski definition) is 6. The topological polar surface area (TPSA) is 73.1 Å². The Hall–Kier alpha value is -4.17. The molecule has 2 heterocycles. The number of carbonyl (C=O) groups excluding carboxylic acids is 1. The number of hydrogen-bond donors (Lipinski definition) is 0. The van der Waals surface area contributed by atoms with Gasteiger partial charge in [0.15, 0.2) is 4.80 Å². The lowest BCUT2D eigenvalue weighted by Gasteiger charge is -2.30. The van der Waals surface area contributed by atoms with Crippen LogP contribution >= 0.6 is 11.3 Å². The van der Waals surface area contributed by atoms with Crippen LogP contribution in [0.2, 0.25) is 0 Å². The Balaban J connectivity index is 1.84. The van der Waals surface area contributed by atoms with Gasteiger partial charge in [-0.05, 0) is 67.8 Å². The Labute approximate surface area is 237 Å². The third-order valence-corrected chi connectivity index (χ3v) is 8.44. The number of likely N-dealkylation sites (N-methyl/N-ethyl adjacent to an activating group) is 1. The van der Waals surface area contributed by atoms with E-state index in [4.69, 9.17) is 14.5 Å². The molecule has 206 valence electrons. The molecule has 1 aromatic heterocycles. The van der Waals surface area contributed by atoms with Crippen molar-refractivity contribution >= 4 is 34.1 Å². The van der Waals surface area contributed by atoms with Gasteiger partial charge < -0.3 is 14.4 Å². The summed E-state index contributed by atoms with van der Waals surface area (Å²) < 4.78 is 13.5. The molecule has 0 saturated heterocycles. The van der Waals surface area contributed by atoms with E-state index in [-0.39, 0.29) is 11.5 Å². The number of methoxy groups -OCH3 is 2. The van der Waals surface area contributed by atoms with Crippen molar-refractivity contribution in [2.24, 2.45) is 4.99 Å². The minimum atomic E-state index is -0.708. The Morgan fingerprint density at radius 3 is 2.45 bits per heavy atom. The molecule has 3 aromatic carbocycles. The number of ether oxygens (including phenoxy) is 2. The largest absolute Gasteiger partial charge is 0.496 e. The molecule has 0 fully saturated rings. The summed E-state index contributed by atoms with van der Waals surface area (Å²) in [6.45, 7) is 8.83. The van der Waals surface area contributed by atoms with Crippen LogP contribution in [0.4, 0.5) is 0 Å². The second-order valence-corrected chi connectivity index (χ2v) is 10.7. The van der Waals surface area contributed by atoms with Crippen LogP contribution in [0.1, 0.15) is 43.5 Å². The molecule has 8 heteroatoms. The number of thiazole rings is 1. The first-order valence-corrected chi connectivity index (χ1v) is 14.2. The summed E-state index contributed by atoms with van der Waals surface area (Å²) in [4.78, 5) is 35.4. The molecule has 4 aromatic rings. The SMILES string of the molecule is CCN(CC)C(=O)C1=C(C)N=c2s/c(=C/c3ccc(C)c(OC)c3)c(=O)n2[C@H]1c1c(OC)ccc2ccccc12. The smallest absolute Gasteiger partial charge is 0.271 e. The number of nitrogens with zero attached hydrogens (tertiary/aromatic N) is 3. The fourth-order valence-corrected chi connectivity index (χ4v) is 6.41. The Bertz CT molecular complexity index is 1830. The van der Waals surface area contributed by atoms with Crippen LogP contribution in [0.15, 0.2) is 75.7 Å². The van der Waals surface area contributed by atoms with Gasteiger partial charge >= 0.3 is 0 Å². The number of aryl methyl sites for hydroxylation is 1. The van der Waals surface area contributed by atoms with Gasteiger partial charge in [0.25, 0.3) is 11.5 Å². The summed E-state index contributed by atoms with van der Waals surface area (Å²) in [5.74, 6) is 1.23. The third kappa shape index (κ3) is 4.62. The highest BCUT2D eigenvalue weighted by Gasteiger charge is 2.36. The number of fused-ring (bicyclic) bond motifs is 2. The number of amides is 1. The fraction of sp³-hybridized carbons (Fsp3) is 0.281. The standard InChI is InChI=1S/C32H33N3O4S/c1-7-34(8-2)31(37)27-20(4)33-32-35(29(27)28-23-12-10-9-11-22(23)15-16-24(28)38-5)30(36)26(40-32)18-21-14-13-19(3)25(17-21)39-6/h9-18,29H,7-8H2,1-6H3/b26-18+/t29-/m1/s1. The van der Waals surface area contributed by atoms with Gasteiger partial charge in [0.1, 0.15) is 17.5 Å². The fourth-order valence-electron chi connectivity index (χ4n) is 5.36. The van der Waals surface area contributed by atoms with E-state index in [1.807, 2.05) is 88.4 Å². The quantitative estimate of drug-likeness (QED) is 0.335. The maximum atomic E-state index is 14.2. The molecule has 0 unspecified atom stereocenters. The molecule has 1 aliphatic rings. The van der Waals surface area contributed by atoms with Crippen molar-refractivity contribution in [2.75, 3.05) is 27.3 Å². The van der Waals surface area contributed by atoms with Gasteiger partial charge in [0, 0.05) is 18.7 Å². The molecule has 0 radical (unpaired) electrons. The Morgan fingerprint density at radius 1 is 1.02 bits per heavy atom. The molecular weight excluding hydrogens is 522 g/mol. The number of rotatable bonds is 7. The second-order valence-electron chi connectivity index (χ2n) is 9.69. The van der Waals surface area contributed by atoms with Crippen molar-refractivity contribution in [3.05, 3.63) is 102 Å². The molecule has 0 N–H and O–H groups in total. The molecule has 1 aliphatic heterocycles. The summed E-state index contributed by atoms with van der Waals surface area (Å²) in [6.07, 6.45) is 1.86. The molecule has 7 nitrogen and oxygen atoms in total. The van der Waals surface area contributed by atoms with Crippen molar-refractivity contribution in [3.8, 4) is 11.5 Å². The van der Waals surface area contributed by atoms with E-state index >= 15 is 0 Å². The van der Waals surface area contributed by atoms with E-state index in [9.17, 15) is 9.59 Å². The van der Waals surface area contributed by atoms with Crippen molar-refractivity contribution < 1.29 is 14.3 Å². The highest BCUT2D eigenvalue weighted by molar-refractivity contribution is 7.07. The monoisotopic (exact) mass is 555 g/mol. The van der Waals surface area contributed by atoms with Gasteiger partial charge in [-0.1, -0.05) is 53.8 Å². The van der Waals surface area contributed by atoms with Crippen LogP contribution in [-0.4, -0.2) is 42.7 Å². The van der Waals surface area contributed by atoms with E-state index in [0.29, 0.717) is 39.4 Å². The number of allylic oxidation sites excluding steroid dienone is 1. The molecule has 1 atom stereocenters. The average Bonchev–Trinajstić information content (AvgIpc) is 3.27. The number of benzene rings is 3. The minimum absolute atomic E-state index is 0.135. The van der Waals surface area contributed by atoms with Crippen LogP contribution < -0.4 is 24.4 Å². The van der Waals surface area contributed by atoms with E-state index in [1.54, 1.807) is 23.7 Å². The van der Waals surface area contributed by atoms with Gasteiger partial charge in [0.05, 0.1) is 30.0 Å². The predicted octanol–water partition coefficient (Wildman–Crippen LogP) is 4.58. The van der Waals surface area contributed by atoms with Crippen molar-refractivity contribution in [2.45, 2.75) is 33.7 Å². The van der Waals surface area contributed by atoms with Crippen LogP contribution in [-0.2, 0) is 4.79 Å². The third-order valence-electron chi connectivity index (χ3n) is 7.46. The Kier molecular flexibility index (Phi) is 7.63. The molecule has 40 heavy (non-hydrogen) atoms. The average molecular weight is 556 g/mol. The molecular formula is C32H33N3O4S. The molecule has 0 bridgehead atoms. The summed E-state index contributed by atoms with van der Waals surface area (Å²) in [6, 6.07) is 17.0. The molecule has 0 aliphatic carbocycles.